The molecule has 0 saturated carbocycles. The molecule has 5 heteroatoms. The van der Waals surface area contributed by atoms with E-state index in [-0.39, 0.29) is 6.04 Å². The molecule has 5 nitrogen and oxygen atoms in total. The van der Waals surface area contributed by atoms with E-state index >= 15 is 0 Å². The van der Waals surface area contributed by atoms with Crippen molar-refractivity contribution in [1.29, 1.82) is 0 Å². The lowest BCUT2D eigenvalue weighted by Gasteiger charge is -2.16. The molecule has 0 aromatic carbocycles. The zero-order valence-electron chi connectivity index (χ0n) is 10.3. The summed E-state index contributed by atoms with van der Waals surface area (Å²) in [5.41, 5.74) is 11.6. The number of anilines is 1. The predicted octanol–water partition coefficient (Wildman–Crippen LogP) is 1.11. The monoisotopic (exact) mass is 243 g/mol. The number of pyridine rings is 2. The first kappa shape index (κ1) is 12.5. The third kappa shape index (κ3) is 2.82. The summed E-state index contributed by atoms with van der Waals surface area (Å²) in [6, 6.07) is 7.70. The largest absolute Gasteiger partial charge is 0.383 e. The quantitative estimate of drug-likeness (QED) is 0.553. The number of nitrogens with one attached hydrogen (secondary N) is 1. The van der Waals surface area contributed by atoms with Gasteiger partial charge in [-0.25, -0.2) is 4.98 Å². The fraction of sp³-hybridized carbons (Fsp3) is 0.231. The van der Waals surface area contributed by atoms with Gasteiger partial charge in [-0.1, -0.05) is 6.07 Å². The molecule has 0 saturated heterocycles. The smallest absolute Gasteiger partial charge is 0.126 e. The molecule has 2 aromatic heterocycles. The second-order valence-corrected chi connectivity index (χ2v) is 4.23. The van der Waals surface area contributed by atoms with Crippen LogP contribution in [0.5, 0.6) is 0 Å². The van der Waals surface area contributed by atoms with E-state index in [1.807, 2.05) is 31.2 Å². The minimum absolute atomic E-state index is 0.0728. The average Bonchev–Trinajstić information content (AvgIpc) is 2.38. The Morgan fingerprint density at radius 2 is 2.11 bits per heavy atom. The normalized spacial score (nSPS) is 12.3. The van der Waals surface area contributed by atoms with Gasteiger partial charge in [-0.05, 0) is 42.7 Å². The van der Waals surface area contributed by atoms with Crippen LogP contribution in [0.25, 0.3) is 0 Å². The van der Waals surface area contributed by atoms with Crippen molar-refractivity contribution in [2.75, 3.05) is 5.73 Å². The molecule has 18 heavy (non-hydrogen) atoms. The average molecular weight is 243 g/mol. The van der Waals surface area contributed by atoms with Gasteiger partial charge in [0.2, 0.25) is 0 Å². The highest BCUT2D eigenvalue weighted by atomic mass is 15.2. The fourth-order valence-corrected chi connectivity index (χ4v) is 1.84. The molecule has 0 fully saturated rings. The Morgan fingerprint density at radius 1 is 1.28 bits per heavy atom. The summed E-state index contributed by atoms with van der Waals surface area (Å²) in [5.74, 6) is 6.13. The van der Waals surface area contributed by atoms with E-state index in [0.29, 0.717) is 12.2 Å². The van der Waals surface area contributed by atoms with Crippen molar-refractivity contribution in [3.63, 3.8) is 0 Å². The van der Waals surface area contributed by atoms with Gasteiger partial charge >= 0.3 is 0 Å². The van der Waals surface area contributed by atoms with Crippen molar-refractivity contribution in [2.45, 2.75) is 19.4 Å². The van der Waals surface area contributed by atoms with Crippen molar-refractivity contribution in [2.24, 2.45) is 5.84 Å². The van der Waals surface area contributed by atoms with Crippen LogP contribution in [0.1, 0.15) is 22.9 Å². The second-order valence-electron chi connectivity index (χ2n) is 4.23. The number of aryl methyl sites for hydroxylation is 1. The number of hydrogen-bond donors (Lipinski definition) is 3. The van der Waals surface area contributed by atoms with Gasteiger partial charge in [0, 0.05) is 12.4 Å². The molecule has 2 aromatic rings. The van der Waals surface area contributed by atoms with Gasteiger partial charge in [0.1, 0.15) is 5.82 Å². The van der Waals surface area contributed by atoms with Crippen LogP contribution in [0, 0.1) is 6.92 Å². The van der Waals surface area contributed by atoms with E-state index in [1.54, 1.807) is 12.4 Å². The molecule has 0 spiro atoms. The maximum absolute atomic E-state index is 5.83. The number of hydrogen-bond acceptors (Lipinski definition) is 5. The Labute approximate surface area is 106 Å². The number of hydrazine groups is 1. The zero-order chi connectivity index (χ0) is 13.0. The number of aromatic nitrogens is 2. The summed E-state index contributed by atoms with van der Waals surface area (Å²) < 4.78 is 0. The minimum atomic E-state index is -0.0728. The lowest BCUT2D eigenvalue weighted by molar-refractivity contribution is 0.538. The Balaban J connectivity index is 2.23. The number of nitrogens with two attached hydrogens (primary N) is 2. The molecule has 0 aliphatic carbocycles. The standard InChI is InChI=1S/C13H17N5/c1-9-4-6-16-11(7-9)12(18-15)8-10-3-2-5-17-13(10)14/h2-7,12,18H,8,15H2,1H3,(H2,14,17). The second kappa shape index (κ2) is 5.57. The van der Waals surface area contributed by atoms with Crippen LogP contribution in [-0.4, -0.2) is 9.97 Å². The molecule has 94 valence electrons. The van der Waals surface area contributed by atoms with Crippen LogP contribution in [0.15, 0.2) is 36.7 Å². The summed E-state index contributed by atoms with van der Waals surface area (Å²) in [5, 5.41) is 0. The van der Waals surface area contributed by atoms with E-state index in [0.717, 1.165) is 16.8 Å². The third-order valence-electron chi connectivity index (χ3n) is 2.84. The molecule has 0 amide bonds. The van der Waals surface area contributed by atoms with Crippen molar-refractivity contribution in [3.8, 4) is 0 Å². The fourth-order valence-electron chi connectivity index (χ4n) is 1.84. The SMILES string of the molecule is Cc1ccnc(C(Cc2cccnc2N)NN)c1. The molecule has 0 aliphatic heterocycles. The molecule has 2 rings (SSSR count). The summed E-state index contributed by atoms with van der Waals surface area (Å²) in [7, 11) is 0. The van der Waals surface area contributed by atoms with E-state index in [4.69, 9.17) is 11.6 Å². The number of nitrogens with zero attached hydrogens (tertiary/aromatic N) is 2. The molecule has 1 unspecified atom stereocenters. The molecule has 0 aliphatic rings. The zero-order valence-corrected chi connectivity index (χ0v) is 10.3. The minimum Gasteiger partial charge on any atom is -0.383 e. The Morgan fingerprint density at radius 3 is 2.78 bits per heavy atom. The van der Waals surface area contributed by atoms with E-state index in [1.165, 1.54) is 0 Å². The Hall–Kier alpha value is -1.98. The lowest BCUT2D eigenvalue weighted by Crippen LogP contribution is -2.30. The van der Waals surface area contributed by atoms with Crippen LogP contribution < -0.4 is 17.0 Å². The highest BCUT2D eigenvalue weighted by Gasteiger charge is 2.13. The first-order chi connectivity index (χ1) is 8.70. The maximum Gasteiger partial charge on any atom is 0.126 e. The van der Waals surface area contributed by atoms with Crippen LogP contribution >= 0.6 is 0 Å². The lowest BCUT2D eigenvalue weighted by atomic mass is 10.0. The predicted molar refractivity (Wildman–Crippen MR) is 71.4 cm³/mol. The van der Waals surface area contributed by atoms with Crippen LogP contribution in [-0.2, 0) is 6.42 Å². The molecular weight excluding hydrogens is 226 g/mol. The van der Waals surface area contributed by atoms with Gasteiger partial charge in [0.15, 0.2) is 0 Å². The van der Waals surface area contributed by atoms with Gasteiger partial charge in [-0.3, -0.25) is 16.3 Å². The molecule has 5 N–H and O–H groups in total. The topological polar surface area (TPSA) is 89.8 Å². The molecule has 1 atom stereocenters. The highest BCUT2D eigenvalue weighted by molar-refractivity contribution is 5.39. The van der Waals surface area contributed by atoms with Gasteiger partial charge in [0.05, 0.1) is 11.7 Å². The van der Waals surface area contributed by atoms with Crippen molar-refractivity contribution < 1.29 is 0 Å². The first-order valence-corrected chi connectivity index (χ1v) is 5.78. The number of nitrogen functional groups attached to an aromatic ring is 1. The first-order valence-electron chi connectivity index (χ1n) is 5.78. The van der Waals surface area contributed by atoms with Crippen LogP contribution in [0.2, 0.25) is 0 Å². The van der Waals surface area contributed by atoms with Crippen molar-refractivity contribution in [3.05, 3.63) is 53.5 Å². The summed E-state index contributed by atoms with van der Waals surface area (Å²) in [6.07, 6.45) is 4.11. The molecule has 2 heterocycles. The van der Waals surface area contributed by atoms with Gasteiger partial charge in [-0.15, -0.1) is 0 Å². The van der Waals surface area contributed by atoms with Crippen molar-refractivity contribution in [1.82, 2.24) is 15.4 Å². The molecular formula is C13H17N5. The van der Waals surface area contributed by atoms with E-state index < -0.39 is 0 Å². The van der Waals surface area contributed by atoms with Gasteiger partial charge < -0.3 is 5.73 Å². The van der Waals surface area contributed by atoms with Gasteiger partial charge in [0.25, 0.3) is 0 Å². The van der Waals surface area contributed by atoms with E-state index in [2.05, 4.69) is 15.4 Å². The number of rotatable bonds is 4. The molecule has 0 bridgehead atoms. The van der Waals surface area contributed by atoms with Crippen molar-refractivity contribution >= 4 is 5.82 Å². The van der Waals surface area contributed by atoms with Crippen LogP contribution in [0.4, 0.5) is 5.82 Å². The van der Waals surface area contributed by atoms with Crippen LogP contribution in [0.3, 0.4) is 0 Å². The summed E-state index contributed by atoms with van der Waals surface area (Å²) >= 11 is 0. The Bertz CT molecular complexity index is 526. The summed E-state index contributed by atoms with van der Waals surface area (Å²) in [4.78, 5) is 8.40. The Kier molecular flexibility index (Phi) is 3.86. The van der Waals surface area contributed by atoms with E-state index in [9.17, 15) is 0 Å². The summed E-state index contributed by atoms with van der Waals surface area (Å²) in [6.45, 7) is 2.02. The van der Waals surface area contributed by atoms with Gasteiger partial charge in [-0.2, -0.15) is 0 Å². The maximum atomic E-state index is 5.83. The molecule has 0 radical (unpaired) electrons. The highest BCUT2D eigenvalue weighted by Crippen LogP contribution is 2.19. The third-order valence-corrected chi connectivity index (χ3v) is 2.84.